The zero-order chi connectivity index (χ0) is 32.4. The highest BCUT2D eigenvalue weighted by Gasteiger charge is 2.37. The average molecular weight is 602 g/mol. The van der Waals surface area contributed by atoms with Gasteiger partial charge in [0, 0.05) is 0 Å². The number of aromatic nitrogens is 3. The van der Waals surface area contributed by atoms with Gasteiger partial charge in [0.2, 0.25) is 0 Å². The Balaban J connectivity index is 3.11. The van der Waals surface area contributed by atoms with Gasteiger partial charge in [-0.1, -0.05) is 53.5 Å². The number of nitrogens with zero attached hydrogens (tertiary/aromatic N) is 3. The van der Waals surface area contributed by atoms with Crippen molar-refractivity contribution in [3.8, 4) is 0 Å². The summed E-state index contributed by atoms with van der Waals surface area (Å²) in [4.78, 5) is 63.5. The Kier molecular flexibility index (Phi) is 14.0. The Hall–Kier alpha value is -3.07. The van der Waals surface area contributed by atoms with Crippen LogP contribution in [0, 0.1) is 5.41 Å². The van der Waals surface area contributed by atoms with Crippen molar-refractivity contribution in [2.75, 3.05) is 6.61 Å². The Bertz CT molecular complexity index is 1240. The number of aliphatic hydroxyl groups is 4. The van der Waals surface area contributed by atoms with E-state index in [2.05, 4.69) is 6.58 Å². The average Bonchev–Trinajstić information content (AvgIpc) is 2.97. The summed E-state index contributed by atoms with van der Waals surface area (Å²) < 4.78 is 12.0. The van der Waals surface area contributed by atoms with Crippen LogP contribution in [0.25, 0.3) is 0 Å². The molecule has 1 rings (SSSR count). The van der Waals surface area contributed by atoms with Crippen molar-refractivity contribution < 1.29 is 39.5 Å². The highest BCUT2D eigenvalue weighted by molar-refractivity contribution is 5.85. The summed E-state index contributed by atoms with van der Waals surface area (Å²) in [6, 6.07) is 0. The molecule has 1 heterocycles. The molecule has 0 bridgehead atoms. The quantitative estimate of drug-likeness (QED) is 0.127. The lowest BCUT2D eigenvalue weighted by atomic mass is 9.79. The summed E-state index contributed by atoms with van der Waals surface area (Å²) in [5, 5.41) is 41.3. The number of aliphatic hydroxyl groups excluding tert-OH is 4. The van der Waals surface area contributed by atoms with Crippen molar-refractivity contribution in [3.63, 3.8) is 0 Å². The molecule has 42 heavy (non-hydrogen) atoms. The highest BCUT2D eigenvalue weighted by atomic mass is 16.6. The molecule has 0 aliphatic rings. The molecule has 0 aromatic carbocycles. The summed E-state index contributed by atoms with van der Waals surface area (Å²) >= 11 is 0. The predicted molar refractivity (Wildman–Crippen MR) is 153 cm³/mol. The molecule has 4 unspecified atom stereocenters. The second-order valence-electron chi connectivity index (χ2n) is 11.1. The highest BCUT2D eigenvalue weighted by Crippen LogP contribution is 2.31. The molecule has 4 atom stereocenters. The summed E-state index contributed by atoms with van der Waals surface area (Å²) in [5.41, 5.74) is -4.25. The molecule has 0 saturated heterocycles. The topological polar surface area (TPSA) is 200 Å². The smallest absolute Gasteiger partial charge is 0.338 e. The second kappa shape index (κ2) is 16.0. The zero-order valence-electron chi connectivity index (χ0n) is 25.4. The molecule has 4 N–H and O–H groups in total. The molecule has 0 aliphatic carbocycles. The van der Waals surface area contributed by atoms with E-state index in [0.29, 0.717) is 33.0 Å². The number of carbonyl (C=O) groups is 2. The monoisotopic (exact) mass is 601 g/mol. The van der Waals surface area contributed by atoms with Crippen molar-refractivity contribution in [2.24, 2.45) is 5.41 Å². The Labute approximate surface area is 244 Å². The van der Waals surface area contributed by atoms with E-state index in [1.807, 2.05) is 20.8 Å². The summed E-state index contributed by atoms with van der Waals surface area (Å²) in [6.45, 7) is 12.4. The van der Waals surface area contributed by atoms with Crippen LogP contribution in [-0.2, 0) is 38.7 Å². The third-order valence-corrected chi connectivity index (χ3v) is 7.96. The number of allylic oxidation sites excluding steroid dienone is 1. The molecule has 0 aliphatic heterocycles. The summed E-state index contributed by atoms with van der Waals surface area (Å²) in [7, 11) is 0. The maximum atomic E-state index is 13.1. The zero-order valence-corrected chi connectivity index (χ0v) is 25.4. The van der Waals surface area contributed by atoms with Gasteiger partial charge < -0.3 is 29.9 Å². The number of hydrogen-bond donors (Lipinski definition) is 4. The first-order chi connectivity index (χ1) is 19.5. The number of carbonyl (C=O) groups excluding carboxylic acids is 2. The summed E-state index contributed by atoms with van der Waals surface area (Å²) in [6.07, 6.45) is -3.41. The molecule has 0 amide bonds. The number of esters is 2. The Morgan fingerprint density at radius 2 is 1.24 bits per heavy atom. The lowest BCUT2D eigenvalue weighted by molar-refractivity contribution is -0.183. The van der Waals surface area contributed by atoms with E-state index >= 15 is 0 Å². The van der Waals surface area contributed by atoms with Crippen molar-refractivity contribution in [1.29, 1.82) is 0 Å². The standard InChI is InChI=1S/C28H47N3O11/c1-8-13-29-24(38)30(15-18(32)14-27(6,9-2)10-3)26(40)31(25(29)39)16-19(33)17-41-22(36)20(34)21(35)23(37)42-28(7,11-4)12-5/h8,18-21,32-35H,1,9-17H2,2-7H3. The van der Waals surface area contributed by atoms with E-state index in [4.69, 9.17) is 9.47 Å². The van der Waals surface area contributed by atoms with Crippen molar-refractivity contribution >= 4 is 11.9 Å². The number of ether oxygens (including phenoxy) is 2. The molecule has 0 spiro atoms. The van der Waals surface area contributed by atoms with Gasteiger partial charge in [0.1, 0.15) is 18.3 Å². The molecule has 0 fully saturated rings. The fourth-order valence-corrected chi connectivity index (χ4v) is 4.15. The van der Waals surface area contributed by atoms with Crippen LogP contribution in [0.1, 0.15) is 73.6 Å². The van der Waals surface area contributed by atoms with E-state index in [9.17, 15) is 44.4 Å². The lowest BCUT2D eigenvalue weighted by Crippen LogP contribution is -2.56. The van der Waals surface area contributed by atoms with Crippen LogP contribution in [0.4, 0.5) is 0 Å². The minimum Gasteiger partial charge on any atom is -0.461 e. The molecule has 0 radical (unpaired) electrons. The predicted octanol–water partition coefficient (Wildman–Crippen LogP) is -0.317. The first-order valence-corrected chi connectivity index (χ1v) is 14.2. The first kappa shape index (κ1) is 37.0. The molecular weight excluding hydrogens is 554 g/mol. The van der Waals surface area contributed by atoms with E-state index < -0.39 is 78.7 Å². The van der Waals surface area contributed by atoms with Crippen molar-refractivity contribution in [3.05, 3.63) is 44.1 Å². The number of rotatable bonds is 18. The Morgan fingerprint density at radius 3 is 1.69 bits per heavy atom. The van der Waals surface area contributed by atoms with Crippen molar-refractivity contribution in [1.82, 2.24) is 13.7 Å². The third kappa shape index (κ3) is 9.48. The van der Waals surface area contributed by atoms with Crippen LogP contribution in [0.5, 0.6) is 0 Å². The molecular formula is C28H47N3O11. The van der Waals surface area contributed by atoms with Gasteiger partial charge in [-0.15, -0.1) is 6.58 Å². The van der Waals surface area contributed by atoms with Gasteiger partial charge >= 0.3 is 29.0 Å². The van der Waals surface area contributed by atoms with Crippen LogP contribution < -0.4 is 17.1 Å². The van der Waals surface area contributed by atoms with Gasteiger partial charge in [0.25, 0.3) is 0 Å². The van der Waals surface area contributed by atoms with Gasteiger partial charge in [-0.25, -0.2) is 37.7 Å². The van der Waals surface area contributed by atoms with Crippen molar-refractivity contribution in [2.45, 2.75) is 123 Å². The van der Waals surface area contributed by atoms with Gasteiger partial charge in [-0.3, -0.25) is 0 Å². The third-order valence-electron chi connectivity index (χ3n) is 7.96. The molecule has 14 heteroatoms. The minimum absolute atomic E-state index is 0.238. The van der Waals surface area contributed by atoms with Crippen LogP contribution in [-0.4, -0.2) is 82.7 Å². The maximum absolute atomic E-state index is 13.1. The fraction of sp³-hybridized carbons (Fsp3) is 0.750. The van der Waals surface area contributed by atoms with Crippen LogP contribution in [0.3, 0.4) is 0 Å². The molecule has 1 aromatic heterocycles. The van der Waals surface area contributed by atoms with E-state index in [0.717, 1.165) is 12.8 Å². The maximum Gasteiger partial charge on any atom is 0.338 e. The van der Waals surface area contributed by atoms with Gasteiger partial charge in [0.05, 0.1) is 25.7 Å². The minimum atomic E-state index is -2.32. The van der Waals surface area contributed by atoms with E-state index in [-0.39, 0.29) is 12.0 Å². The Morgan fingerprint density at radius 1 is 0.786 bits per heavy atom. The van der Waals surface area contributed by atoms with Crippen LogP contribution in [0.15, 0.2) is 27.0 Å². The lowest BCUT2D eigenvalue weighted by Gasteiger charge is -2.29. The molecule has 1 aromatic rings. The van der Waals surface area contributed by atoms with Gasteiger partial charge in [0.15, 0.2) is 12.2 Å². The SMILES string of the molecule is C=CCn1c(=O)n(CC(O)COC(=O)C(O)C(O)C(=O)OC(C)(CC)CC)c(=O)n(CC(O)CC(C)(CC)CC)c1=O. The largest absolute Gasteiger partial charge is 0.461 e. The van der Waals surface area contributed by atoms with Gasteiger partial charge in [-0.05, 0) is 31.6 Å². The van der Waals surface area contributed by atoms with Crippen LogP contribution >= 0.6 is 0 Å². The van der Waals surface area contributed by atoms with E-state index in [1.54, 1.807) is 20.8 Å². The fourth-order valence-electron chi connectivity index (χ4n) is 4.15. The molecule has 14 nitrogen and oxygen atoms in total. The molecule has 240 valence electrons. The van der Waals surface area contributed by atoms with Gasteiger partial charge in [-0.2, -0.15) is 0 Å². The summed E-state index contributed by atoms with van der Waals surface area (Å²) in [5.74, 6) is -2.68. The van der Waals surface area contributed by atoms with E-state index in [1.165, 1.54) is 6.08 Å². The number of hydrogen-bond acceptors (Lipinski definition) is 11. The first-order valence-electron chi connectivity index (χ1n) is 14.2. The second-order valence-corrected chi connectivity index (χ2v) is 11.1. The normalized spacial score (nSPS) is 15.0. The van der Waals surface area contributed by atoms with Crippen LogP contribution in [0.2, 0.25) is 0 Å². The molecule has 0 saturated carbocycles.